The highest BCUT2D eigenvalue weighted by atomic mass is 79.9. The molecule has 0 bridgehead atoms. The Morgan fingerprint density at radius 2 is 1.83 bits per heavy atom. The average molecular weight is 312 g/mol. The van der Waals surface area contributed by atoms with Crippen molar-refractivity contribution in [1.29, 1.82) is 0 Å². The maximum absolute atomic E-state index is 10.1. The van der Waals surface area contributed by atoms with E-state index < -0.39 is 0 Å². The number of aliphatic hydroxyl groups is 1. The summed E-state index contributed by atoms with van der Waals surface area (Å²) in [5, 5.41) is 13.6. The highest BCUT2D eigenvalue weighted by molar-refractivity contribution is 9.10. The Hall–Kier alpha value is -0.380. The standard InChI is InChI=1S/C15H22BrNO/c16-13-8-6-12(7-9-13)15(18)10-11-17-14-4-2-1-3-5-14/h6-9,14-15,17-18H,1-5,10-11H2. The molecule has 1 fully saturated rings. The van der Waals surface area contributed by atoms with Gasteiger partial charge in [-0.05, 0) is 43.5 Å². The normalized spacial score (nSPS) is 18.8. The van der Waals surface area contributed by atoms with Gasteiger partial charge in [0.25, 0.3) is 0 Å². The summed E-state index contributed by atoms with van der Waals surface area (Å²) in [5.41, 5.74) is 1.00. The molecule has 0 radical (unpaired) electrons. The van der Waals surface area contributed by atoms with Crippen molar-refractivity contribution in [2.24, 2.45) is 0 Å². The van der Waals surface area contributed by atoms with Gasteiger partial charge in [-0.3, -0.25) is 0 Å². The molecule has 0 heterocycles. The maximum Gasteiger partial charge on any atom is 0.0802 e. The second-order valence-electron chi connectivity index (χ2n) is 5.15. The van der Waals surface area contributed by atoms with Gasteiger partial charge in [0.2, 0.25) is 0 Å². The Bertz CT molecular complexity index is 346. The number of nitrogens with one attached hydrogen (secondary N) is 1. The van der Waals surface area contributed by atoms with Crippen molar-refractivity contribution in [3.05, 3.63) is 34.3 Å². The van der Waals surface area contributed by atoms with Crippen molar-refractivity contribution < 1.29 is 5.11 Å². The molecular weight excluding hydrogens is 290 g/mol. The lowest BCUT2D eigenvalue weighted by Gasteiger charge is -2.23. The lowest BCUT2D eigenvalue weighted by molar-refractivity contribution is 0.164. The van der Waals surface area contributed by atoms with Crippen LogP contribution in [-0.4, -0.2) is 17.7 Å². The number of halogens is 1. The van der Waals surface area contributed by atoms with Gasteiger partial charge in [-0.1, -0.05) is 47.3 Å². The van der Waals surface area contributed by atoms with Gasteiger partial charge in [-0.15, -0.1) is 0 Å². The number of rotatable bonds is 5. The van der Waals surface area contributed by atoms with Crippen LogP contribution < -0.4 is 5.32 Å². The quantitative estimate of drug-likeness (QED) is 0.867. The Balaban J connectivity index is 1.70. The summed E-state index contributed by atoms with van der Waals surface area (Å²) in [6, 6.07) is 8.60. The van der Waals surface area contributed by atoms with Gasteiger partial charge in [0.15, 0.2) is 0 Å². The first kappa shape index (κ1) is 14.0. The minimum absolute atomic E-state index is 0.353. The fourth-order valence-corrected chi connectivity index (χ4v) is 2.85. The Kier molecular flexibility index (Phi) is 5.67. The van der Waals surface area contributed by atoms with Crippen molar-refractivity contribution in [1.82, 2.24) is 5.32 Å². The molecular formula is C15H22BrNO. The topological polar surface area (TPSA) is 32.3 Å². The van der Waals surface area contributed by atoms with Crippen molar-refractivity contribution in [3.63, 3.8) is 0 Å². The molecule has 1 aromatic carbocycles. The molecule has 0 saturated heterocycles. The van der Waals surface area contributed by atoms with E-state index in [4.69, 9.17) is 0 Å². The average Bonchev–Trinajstić information content (AvgIpc) is 2.40. The first-order chi connectivity index (χ1) is 8.75. The summed E-state index contributed by atoms with van der Waals surface area (Å²) in [7, 11) is 0. The van der Waals surface area contributed by atoms with Gasteiger partial charge >= 0.3 is 0 Å². The third kappa shape index (κ3) is 4.38. The van der Waals surface area contributed by atoms with Gasteiger partial charge in [0, 0.05) is 10.5 Å². The highest BCUT2D eigenvalue weighted by Crippen LogP contribution is 2.20. The van der Waals surface area contributed by atoms with Crippen molar-refractivity contribution >= 4 is 15.9 Å². The molecule has 100 valence electrons. The number of benzene rings is 1. The molecule has 0 spiro atoms. The van der Waals surface area contributed by atoms with E-state index >= 15 is 0 Å². The largest absolute Gasteiger partial charge is 0.388 e. The number of hydrogen-bond donors (Lipinski definition) is 2. The zero-order valence-corrected chi connectivity index (χ0v) is 12.3. The first-order valence-electron chi connectivity index (χ1n) is 6.92. The second kappa shape index (κ2) is 7.27. The van der Waals surface area contributed by atoms with E-state index in [1.165, 1.54) is 32.1 Å². The minimum atomic E-state index is -0.353. The third-order valence-electron chi connectivity index (χ3n) is 3.71. The molecule has 1 saturated carbocycles. The van der Waals surface area contributed by atoms with Crippen LogP contribution in [0.25, 0.3) is 0 Å². The summed E-state index contributed by atoms with van der Waals surface area (Å²) in [5.74, 6) is 0. The second-order valence-corrected chi connectivity index (χ2v) is 6.06. The van der Waals surface area contributed by atoms with Crippen molar-refractivity contribution in [2.75, 3.05) is 6.54 Å². The van der Waals surface area contributed by atoms with E-state index in [1.54, 1.807) is 0 Å². The predicted octanol–water partition coefficient (Wildman–Crippen LogP) is 3.79. The van der Waals surface area contributed by atoms with Crippen LogP contribution in [0.15, 0.2) is 28.7 Å². The van der Waals surface area contributed by atoms with E-state index in [2.05, 4.69) is 21.2 Å². The van der Waals surface area contributed by atoms with Crippen LogP contribution in [0.5, 0.6) is 0 Å². The van der Waals surface area contributed by atoms with Crippen LogP contribution in [0.2, 0.25) is 0 Å². The molecule has 3 heteroatoms. The van der Waals surface area contributed by atoms with E-state index in [1.807, 2.05) is 24.3 Å². The third-order valence-corrected chi connectivity index (χ3v) is 4.24. The van der Waals surface area contributed by atoms with Crippen molar-refractivity contribution in [3.8, 4) is 0 Å². The monoisotopic (exact) mass is 311 g/mol. The zero-order chi connectivity index (χ0) is 12.8. The van der Waals surface area contributed by atoms with Gasteiger partial charge in [-0.25, -0.2) is 0 Å². The van der Waals surface area contributed by atoms with Gasteiger partial charge < -0.3 is 10.4 Å². The molecule has 2 nitrogen and oxygen atoms in total. The van der Waals surface area contributed by atoms with Gasteiger partial charge in [-0.2, -0.15) is 0 Å². The molecule has 2 N–H and O–H groups in total. The van der Waals surface area contributed by atoms with Crippen LogP contribution in [0.1, 0.15) is 50.2 Å². The summed E-state index contributed by atoms with van der Waals surface area (Å²) < 4.78 is 1.05. The van der Waals surface area contributed by atoms with E-state index in [0.29, 0.717) is 6.04 Å². The van der Waals surface area contributed by atoms with E-state index in [0.717, 1.165) is 23.0 Å². The summed E-state index contributed by atoms with van der Waals surface area (Å²) in [6.07, 6.45) is 7.13. The molecule has 0 aromatic heterocycles. The molecule has 18 heavy (non-hydrogen) atoms. The summed E-state index contributed by atoms with van der Waals surface area (Å²) >= 11 is 3.41. The maximum atomic E-state index is 10.1. The first-order valence-corrected chi connectivity index (χ1v) is 7.72. The molecule has 1 aliphatic carbocycles. The highest BCUT2D eigenvalue weighted by Gasteiger charge is 2.13. The summed E-state index contributed by atoms with van der Waals surface area (Å²) in [6.45, 7) is 0.905. The fourth-order valence-electron chi connectivity index (χ4n) is 2.58. The molecule has 1 unspecified atom stereocenters. The lowest BCUT2D eigenvalue weighted by atomic mass is 9.95. The molecule has 1 aromatic rings. The molecule has 1 atom stereocenters. The van der Waals surface area contributed by atoms with Crippen molar-refractivity contribution in [2.45, 2.75) is 50.7 Å². The Morgan fingerprint density at radius 3 is 2.50 bits per heavy atom. The summed E-state index contributed by atoms with van der Waals surface area (Å²) in [4.78, 5) is 0. The smallest absolute Gasteiger partial charge is 0.0802 e. The Labute approximate surface area is 118 Å². The molecule has 0 amide bonds. The SMILES string of the molecule is OC(CCNC1CCCCC1)c1ccc(Br)cc1. The van der Waals surface area contributed by atoms with Crippen LogP contribution >= 0.6 is 15.9 Å². The number of hydrogen-bond acceptors (Lipinski definition) is 2. The van der Waals surface area contributed by atoms with Crippen LogP contribution in [-0.2, 0) is 0 Å². The minimum Gasteiger partial charge on any atom is -0.388 e. The fraction of sp³-hybridized carbons (Fsp3) is 0.600. The predicted molar refractivity (Wildman–Crippen MR) is 78.6 cm³/mol. The Morgan fingerprint density at radius 1 is 1.17 bits per heavy atom. The van der Waals surface area contributed by atoms with Crippen LogP contribution in [0, 0.1) is 0 Å². The van der Waals surface area contributed by atoms with Gasteiger partial charge in [0.05, 0.1) is 6.10 Å². The van der Waals surface area contributed by atoms with E-state index in [9.17, 15) is 5.11 Å². The lowest BCUT2D eigenvalue weighted by Crippen LogP contribution is -2.32. The van der Waals surface area contributed by atoms with Crippen LogP contribution in [0.4, 0.5) is 0 Å². The van der Waals surface area contributed by atoms with E-state index in [-0.39, 0.29) is 6.10 Å². The zero-order valence-electron chi connectivity index (χ0n) is 10.7. The molecule has 2 rings (SSSR count). The molecule has 0 aliphatic heterocycles. The molecule has 1 aliphatic rings. The van der Waals surface area contributed by atoms with Crippen LogP contribution in [0.3, 0.4) is 0 Å². The van der Waals surface area contributed by atoms with Gasteiger partial charge in [0.1, 0.15) is 0 Å². The number of aliphatic hydroxyl groups excluding tert-OH is 1.